The number of benzene rings is 6. The number of para-hydroxylation sites is 1. The largest absolute Gasteiger partial charge is 0.456 e. The summed E-state index contributed by atoms with van der Waals surface area (Å²) in [5, 5.41) is 8.88. The normalized spacial score (nSPS) is 11.7. The van der Waals surface area contributed by atoms with Gasteiger partial charge in [-0.25, -0.2) is 15.0 Å². The predicted molar refractivity (Wildman–Crippen MR) is 174 cm³/mol. The maximum atomic E-state index is 6.18. The molecule has 0 unspecified atom stereocenters. The molecular formula is C38H22N4O. The fourth-order valence-corrected chi connectivity index (χ4v) is 6.21. The van der Waals surface area contributed by atoms with E-state index >= 15 is 0 Å². The van der Waals surface area contributed by atoms with Crippen LogP contribution in [0.25, 0.3) is 88.5 Å². The Bertz CT molecular complexity index is 2500. The van der Waals surface area contributed by atoms with Crippen LogP contribution in [0.1, 0.15) is 0 Å². The van der Waals surface area contributed by atoms with Crippen molar-refractivity contribution in [1.29, 1.82) is 0 Å². The number of fused-ring (bicyclic) bond motifs is 8. The molecule has 0 radical (unpaired) electrons. The first-order chi connectivity index (χ1) is 21.3. The van der Waals surface area contributed by atoms with Gasteiger partial charge in [-0.15, -0.1) is 0 Å². The van der Waals surface area contributed by atoms with Gasteiger partial charge in [-0.05, 0) is 50.5 Å². The van der Waals surface area contributed by atoms with Gasteiger partial charge in [-0.3, -0.25) is 4.98 Å². The molecule has 5 heteroatoms. The van der Waals surface area contributed by atoms with Crippen molar-refractivity contribution in [3.63, 3.8) is 0 Å². The quantitative estimate of drug-likeness (QED) is 0.205. The molecule has 6 aromatic carbocycles. The minimum atomic E-state index is 0.503. The highest BCUT2D eigenvalue weighted by atomic mass is 16.3. The van der Waals surface area contributed by atoms with Crippen LogP contribution in [-0.2, 0) is 0 Å². The Morgan fingerprint density at radius 1 is 0.442 bits per heavy atom. The van der Waals surface area contributed by atoms with Crippen LogP contribution in [0.3, 0.4) is 0 Å². The van der Waals surface area contributed by atoms with Gasteiger partial charge in [0.2, 0.25) is 0 Å². The van der Waals surface area contributed by atoms with Crippen LogP contribution < -0.4 is 0 Å². The lowest BCUT2D eigenvalue weighted by Crippen LogP contribution is -2.02. The first-order valence-electron chi connectivity index (χ1n) is 14.2. The topological polar surface area (TPSA) is 64.7 Å². The second-order valence-electron chi connectivity index (χ2n) is 10.7. The zero-order valence-electron chi connectivity index (χ0n) is 22.9. The summed E-state index contributed by atoms with van der Waals surface area (Å²) < 4.78 is 6.18. The molecule has 200 valence electrons. The van der Waals surface area contributed by atoms with E-state index in [1.807, 2.05) is 54.6 Å². The van der Waals surface area contributed by atoms with Crippen LogP contribution in [0.4, 0.5) is 0 Å². The van der Waals surface area contributed by atoms with Gasteiger partial charge in [0, 0.05) is 22.7 Å². The Hall–Kier alpha value is -5.94. The standard InChI is InChI=1S/C38H22N4O/c1-2-11-24(12-3-1)36-40-37(42-38(41-36)35-34-29-16-8-9-17-31(29)43-32(34)20-21-39-35)30-22-25-13-5-7-15-27(25)33-26-14-6-4-10-23(26)18-19-28(30)33/h1-22H. The van der Waals surface area contributed by atoms with Gasteiger partial charge in [0.1, 0.15) is 16.9 Å². The molecule has 0 amide bonds. The van der Waals surface area contributed by atoms with Gasteiger partial charge in [0.15, 0.2) is 17.5 Å². The third-order valence-electron chi connectivity index (χ3n) is 8.16. The minimum absolute atomic E-state index is 0.503. The highest BCUT2D eigenvalue weighted by Gasteiger charge is 2.20. The third-order valence-corrected chi connectivity index (χ3v) is 8.16. The van der Waals surface area contributed by atoms with Crippen molar-refractivity contribution >= 4 is 54.3 Å². The molecular weight excluding hydrogens is 528 g/mol. The molecule has 0 saturated heterocycles. The van der Waals surface area contributed by atoms with E-state index in [4.69, 9.17) is 24.4 Å². The number of nitrogens with zero attached hydrogens (tertiary/aromatic N) is 4. The summed E-state index contributed by atoms with van der Waals surface area (Å²) in [6, 6.07) is 43.5. The van der Waals surface area contributed by atoms with Crippen molar-refractivity contribution in [2.75, 3.05) is 0 Å². The van der Waals surface area contributed by atoms with Crippen molar-refractivity contribution in [3.8, 4) is 34.3 Å². The van der Waals surface area contributed by atoms with Gasteiger partial charge >= 0.3 is 0 Å². The zero-order valence-corrected chi connectivity index (χ0v) is 22.9. The number of hydrogen-bond donors (Lipinski definition) is 0. The van der Waals surface area contributed by atoms with Crippen molar-refractivity contribution < 1.29 is 4.42 Å². The van der Waals surface area contributed by atoms with E-state index in [1.54, 1.807) is 6.20 Å². The van der Waals surface area contributed by atoms with Gasteiger partial charge in [-0.2, -0.15) is 0 Å². The third kappa shape index (κ3) is 3.72. The summed E-state index contributed by atoms with van der Waals surface area (Å²) in [6.45, 7) is 0. The van der Waals surface area contributed by atoms with Crippen LogP contribution in [0.5, 0.6) is 0 Å². The van der Waals surface area contributed by atoms with Crippen LogP contribution in [0, 0.1) is 0 Å². The maximum absolute atomic E-state index is 6.18. The first kappa shape index (κ1) is 23.7. The van der Waals surface area contributed by atoms with Gasteiger partial charge in [0.05, 0.1) is 5.39 Å². The minimum Gasteiger partial charge on any atom is -0.456 e. The first-order valence-corrected chi connectivity index (χ1v) is 14.2. The summed E-state index contributed by atoms with van der Waals surface area (Å²) in [7, 11) is 0. The Balaban J connectivity index is 1.40. The number of hydrogen-bond acceptors (Lipinski definition) is 5. The van der Waals surface area contributed by atoms with Crippen molar-refractivity contribution in [2.45, 2.75) is 0 Å². The molecule has 0 N–H and O–H groups in total. The molecule has 0 bridgehead atoms. The second-order valence-corrected chi connectivity index (χ2v) is 10.7. The smallest absolute Gasteiger partial charge is 0.183 e. The highest BCUT2D eigenvalue weighted by molar-refractivity contribution is 6.23. The van der Waals surface area contributed by atoms with E-state index in [2.05, 4.69) is 72.8 Å². The summed E-state index contributed by atoms with van der Waals surface area (Å²) in [5.74, 6) is 1.69. The summed E-state index contributed by atoms with van der Waals surface area (Å²) in [4.78, 5) is 20.1. The SMILES string of the molecule is c1ccc(-c2nc(-c3cc4ccccc4c4c3ccc3ccccc34)nc(-c3nccc4oc5ccccc5c34)n2)cc1. The number of aromatic nitrogens is 4. The van der Waals surface area contributed by atoms with E-state index in [1.165, 1.54) is 21.5 Å². The average Bonchev–Trinajstić information content (AvgIpc) is 3.47. The predicted octanol–water partition coefficient (Wildman–Crippen LogP) is 9.63. The molecule has 0 spiro atoms. The molecule has 0 atom stereocenters. The van der Waals surface area contributed by atoms with E-state index in [0.29, 0.717) is 23.2 Å². The Kier molecular flexibility index (Phi) is 5.13. The van der Waals surface area contributed by atoms with Crippen LogP contribution in [-0.4, -0.2) is 19.9 Å². The number of furan rings is 1. The van der Waals surface area contributed by atoms with E-state index in [-0.39, 0.29) is 0 Å². The Labute approximate surface area is 246 Å². The lowest BCUT2D eigenvalue weighted by atomic mass is 9.92. The lowest BCUT2D eigenvalue weighted by molar-refractivity contribution is 0.668. The van der Waals surface area contributed by atoms with Crippen LogP contribution in [0.2, 0.25) is 0 Å². The monoisotopic (exact) mass is 550 g/mol. The molecule has 0 aliphatic rings. The molecule has 0 fully saturated rings. The molecule has 9 rings (SSSR count). The van der Waals surface area contributed by atoms with Crippen LogP contribution in [0.15, 0.2) is 138 Å². The van der Waals surface area contributed by atoms with E-state index in [0.717, 1.165) is 43.8 Å². The zero-order chi connectivity index (χ0) is 28.3. The molecule has 3 aromatic heterocycles. The molecule has 0 saturated carbocycles. The van der Waals surface area contributed by atoms with Crippen molar-refractivity contribution in [1.82, 2.24) is 19.9 Å². The molecule has 9 aromatic rings. The fourth-order valence-electron chi connectivity index (χ4n) is 6.21. The maximum Gasteiger partial charge on any atom is 0.183 e. The molecule has 0 aliphatic carbocycles. The highest BCUT2D eigenvalue weighted by Crippen LogP contribution is 2.39. The average molecular weight is 551 g/mol. The summed E-state index contributed by atoms with van der Waals surface area (Å²) in [6.07, 6.45) is 1.75. The Morgan fingerprint density at radius 3 is 1.98 bits per heavy atom. The number of pyridine rings is 1. The van der Waals surface area contributed by atoms with Gasteiger partial charge in [-0.1, -0.05) is 109 Å². The molecule has 43 heavy (non-hydrogen) atoms. The summed E-state index contributed by atoms with van der Waals surface area (Å²) in [5.41, 5.74) is 4.07. The Morgan fingerprint density at radius 2 is 1.12 bits per heavy atom. The fraction of sp³-hybridized carbons (Fsp3) is 0. The van der Waals surface area contributed by atoms with Gasteiger partial charge < -0.3 is 4.42 Å². The molecule has 3 heterocycles. The van der Waals surface area contributed by atoms with Crippen molar-refractivity contribution in [3.05, 3.63) is 134 Å². The molecule has 5 nitrogen and oxygen atoms in total. The lowest BCUT2D eigenvalue weighted by Gasteiger charge is -2.14. The second kappa shape index (κ2) is 9.29. The van der Waals surface area contributed by atoms with Crippen molar-refractivity contribution in [2.24, 2.45) is 0 Å². The number of rotatable bonds is 3. The summed E-state index contributed by atoms with van der Waals surface area (Å²) >= 11 is 0. The van der Waals surface area contributed by atoms with E-state index < -0.39 is 0 Å². The molecule has 0 aliphatic heterocycles. The van der Waals surface area contributed by atoms with Gasteiger partial charge in [0.25, 0.3) is 0 Å². The van der Waals surface area contributed by atoms with E-state index in [9.17, 15) is 0 Å². The van der Waals surface area contributed by atoms with Crippen LogP contribution >= 0.6 is 0 Å².